The summed E-state index contributed by atoms with van der Waals surface area (Å²) in [5.41, 5.74) is 2.32. The summed E-state index contributed by atoms with van der Waals surface area (Å²) in [7, 11) is -3.79. The zero-order valence-electron chi connectivity index (χ0n) is 18.3. The molecule has 166 valence electrons. The summed E-state index contributed by atoms with van der Waals surface area (Å²) in [6.45, 7) is 3.66. The van der Waals surface area contributed by atoms with Crippen molar-refractivity contribution < 1.29 is 17.9 Å². The van der Waals surface area contributed by atoms with Gasteiger partial charge in [0.1, 0.15) is 6.10 Å². The Morgan fingerprint density at radius 1 is 0.906 bits per heavy atom. The molecule has 1 aliphatic heterocycles. The molecule has 0 spiro atoms. The highest BCUT2D eigenvalue weighted by Crippen LogP contribution is 2.42. The fraction of sp³-hybridized carbons (Fsp3) is 0.269. The van der Waals surface area contributed by atoms with E-state index >= 15 is 0 Å². The normalized spacial score (nSPS) is 18.8. The standard InChI is InChI=1S/C26H27NO4S/c1-20-13-15-25(16-14-20)32(29,30)27-18-24(31-21(2)28)17-26(19-27,22-9-5-3-6-10-22)23-11-7-4-8-12-23/h3-16,24H,17-19H2,1-2H3. The van der Waals surface area contributed by atoms with Crippen molar-refractivity contribution in [3.8, 4) is 0 Å². The highest BCUT2D eigenvalue weighted by molar-refractivity contribution is 7.89. The van der Waals surface area contributed by atoms with Gasteiger partial charge < -0.3 is 4.74 Å². The predicted molar refractivity (Wildman–Crippen MR) is 124 cm³/mol. The zero-order chi connectivity index (χ0) is 22.8. The lowest BCUT2D eigenvalue weighted by Crippen LogP contribution is -2.55. The van der Waals surface area contributed by atoms with Crippen molar-refractivity contribution in [1.82, 2.24) is 4.31 Å². The molecule has 1 unspecified atom stereocenters. The highest BCUT2D eigenvalue weighted by Gasteiger charge is 2.47. The zero-order valence-corrected chi connectivity index (χ0v) is 19.1. The lowest BCUT2D eigenvalue weighted by Gasteiger charge is -2.46. The van der Waals surface area contributed by atoms with Gasteiger partial charge in [0.15, 0.2) is 0 Å². The van der Waals surface area contributed by atoms with Crippen LogP contribution in [0.1, 0.15) is 30.0 Å². The number of esters is 1. The number of carbonyl (C=O) groups excluding carboxylic acids is 1. The summed E-state index contributed by atoms with van der Waals surface area (Å²) in [5, 5.41) is 0. The maximum atomic E-state index is 13.7. The van der Waals surface area contributed by atoms with Gasteiger partial charge in [0, 0.05) is 25.3 Å². The number of hydrogen-bond donors (Lipinski definition) is 0. The molecule has 4 rings (SSSR count). The van der Waals surface area contributed by atoms with Crippen LogP contribution in [0.3, 0.4) is 0 Å². The van der Waals surface area contributed by atoms with Crippen LogP contribution in [0, 0.1) is 6.92 Å². The summed E-state index contributed by atoms with van der Waals surface area (Å²) in [5.74, 6) is -0.417. The highest BCUT2D eigenvalue weighted by atomic mass is 32.2. The number of nitrogens with zero attached hydrogens (tertiary/aromatic N) is 1. The molecule has 0 aliphatic carbocycles. The molecule has 3 aromatic rings. The van der Waals surface area contributed by atoms with Crippen molar-refractivity contribution >= 4 is 16.0 Å². The first kappa shape index (κ1) is 22.2. The van der Waals surface area contributed by atoms with Crippen molar-refractivity contribution in [1.29, 1.82) is 0 Å². The molecule has 0 aromatic heterocycles. The van der Waals surface area contributed by atoms with Crippen molar-refractivity contribution in [2.24, 2.45) is 0 Å². The third kappa shape index (κ3) is 4.33. The van der Waals surface area contributed by atoms with Crippen molar-refractivity contribution in [3.05, 3.63) is 102 Å². The second-order valence-electron chi connectivity index (χ2n) is 8.36. The maximum Gasteiger partial charge on any atom is 0.302 e. The third-order valence-corrected chi connectivity index (χ3v) is 7.90. The van der Waals surface area contributed by atoms with E-state index in [1.165, 1.54) is 11.2 Å². The SMILES string of the molecule is CC(=O)OC1CN(S(=O)(=O)c2ccc(C)cc2)CC(c2ccccc2)(c2ccccc2)C1. The predicted octanol–water partition coefficient (Wildman–Crippen LogP) is 4.31. The number of piperidine rings is 1. The van der Waals surface area contributed by atoms with Gasteiger partial charge in [-0.3, -0.25) is 4.79 Å². The molecule has 1 saturated heterocycles. The molecule has 1 aliphatic rings. The van der Waals surface area contributed by atoms with E-state index in [2.05, 4.69) is 0 Å². The van der Waals surface area contributed by atoms with E-state index < -0.39 is 27.5 Å². The van der Waals surface area contributed by atoms with Gasteiger partial charge in [0.25, 0.3) is 0 Å². The van der Waals surface area contributed by atoms with Crippen LogP contribution < -0.4 is 0 Å². The van der Waals surface area contributed by atoms with E-state index in [0.29, 0.717) is 6.42 Å². The number of carbonyl (C=O) groups is 1. The van der Waals surface area contributed by atoms with Gasteiger partial charge in [-0.15, -0.1) is 0 Å². The molecular weight excluding hydrogens is 422 g/mol. The molecule has 1 heterocycles. The summed E-state index contributed by atoms with van der Waals surface area (Å²) >= 11 is 0. The van der Waals surface area contributed by atoms with Crippen LogP contribution in [0.5, 0.6) is 0 Å². The summed E-state index contributed by atoms with van der Waals surface area (Å²) < 4.78 is 34.4. The molecule has 0 bridgehead atoms. The molecule has 0 saturated carbocycles. The topological polar surface area (TPSA) is 63.7 Å². The Bertz CT molecular complexity index is 1140. The summed E-state index contributed by atoms with van der Waals surface area (Å²) in [6, 6.07) is 26.6. The van der Waals surface area contributed by atoms with Gasteiger partial charge in [-0.1, -0.05) is 78.4 Å². The fourth-order valence-corrected chi connectivity index (χ4v) is 6.10. The van der Waals surface area contributed by atoms with E-state index in [0.717, 1.165) is 16.7 Å². The summed E-state index contributed by atoms with van der Waals surface area (Å²) in [4.78, 5) is 12.1. The minimum absolute atomic E-state index is 0.122. The largest absolute Gasteiger partial charge is 0.461 e. The minimum Gasteiger partial charge on any atom is -0.461 e. The van der Waals surface area contributed by atoms with E-state index in [1.807, 2.05) is 67.6 Å². The Morgan fingerprint density at radius 3 is 1.94 bits per heavy atom. The summed E-state index contributed by atoms with van der Waals surface area (Å²) in [6.07, 6.45) is -0.0672. The van der Waals surface area contributed by atoms with E-state index in [4.69, 9.17) is 4.74 Å². The molecule has 1 atom stereocenters. The second-order valence-corrected chi connectivity index (χ2v) is 10.3. The number of hydrogen-bond acceptors (Lipinski definition) is 4. The van der Waals surface area contributed by atoms with Crippen molar-refractivity contribution in [2.45, 2.75) is 36.7 Å². The van der Waals surface area contributed by atoms with Crippen LogP contribution in [0.4, 0.5) is 0 Å². The molecule has 32 heavy (non-hydrogen) atoms. The first-order valence-electron chi connectivity index (χ1n) is 10.7. The van der Waals surface area contributed by atoms with Crippen LogP contribution >= 0.6 is 0 Å². The third-order valence-electron chi connectivity index (χ3n) is 6.07. The molecule has 0 N–H and O–H groups in total. The number of ether oxygens (including phenoxy) is 1. The first-order chi connectivity index (χ1) is 15.3. The average molecular weight is 450 g/mol. The van der Waals surface area contributed by atoms with Gasteiger partial charge in [-0.05, 0) is 30.2 Å². The van der Waals surface area contributed by atoms with Crippen LogP contribution in [-0.4, -0.2) is 37.9 Å². The Labute approximate surface area is 189 Å². The Kier molecular flexibility index (Phi) is 6.17. The number of rotatable bonds is 5. The molecule has 6 heteroatoms. The fourth-order valence-electron chi connectivity index (χ4n) is 4.57. The molecule has 0 amide bonds. The van der Waals surface area contributed by atoms with Gasteiger partial charge in [-0.25, -0.2) is 8.42 Å². The Hall–Kier alpha value is -2.96. The second kappa shape index (κ2) is 8.88. The van der Waals surface area contributed by atoms with Crippen LogP contribution in [-0.2, 0) is 25.0 Å². The average Bonchev–Trinajstić information content (AvgIpc) is 2.80. The van der Waals surface area contributed by atoms with Gasteiger partial charge >= 0.3 is 5.97 Å². The van der Waals surface area contributed by atoms with Crippen LogP contribution in [0.25, 0.3) is 0 Å². The van der Waals surface area contributed by atoms with Crippen molar-refractivity contribution in [2.75, 3.05) is 13.1 Å². The quantitative estimate of drug-likeness (QED) is 0.545. The Balaban J connectivity index is 1.86. The van der Waals surface area contributed by atoms with Gasteiger partial charge in [0.05, 0.1) is 11.4 Å². The molecule has 3 aromatic carbocycles. The van der Waals surface area contributed by atoms with E-state index in [9.17, 15) is 13.2 Å². The van der Waals surface area contributed by atoms with E-state index in [1.54, 1.807) is 24.3 Å². The lowest BCUT2D eigenvalue weighted by atomic mass is 9.69. The Morgan fingerprint density at radius 2 is 1.44 bits per heavy atom. The van der Waals surface area contributed by atoms with Crippen molar-refractivity contribution in [3.63, 3.8) is 0 Å². The number of benzene rings is 3. The minimum atomic E-state index is -3.79. The first-order valence-corrected chi connectivity index (χ1v) is 12.1. The van der Waals surface area contributed by atoms with Crippen LogP contribution in [0.15, 0.2) is 89.8 Å². The number of sulfonamides is 1. The molecule has 5 nitrogen and oxygen atoms in total. The lowest BCUT2D eigenvalue weighted by molar-refractivity contribution is -0.149. The van der Waals surface area contributed by atoms with Gasteiger partial charge in [0.2, 0.25) is 10.0 Å². The molecule has 0 radical (unpaired) electrons. The number of aryl methyl sites for hydroxylation is 1. The van der Waals surface area contributed by atoms with Crippen LogP contribution in [0.2, 0.25) is 0 Å². The smallest absolute Gasteiger partial charge is 0.302 e. The van der Waals surface area contributed by atoms with Gasteiger partial charge in [-0.2, -0.15) is 4.31 Å². The monoisotopic (exact) mass is 449 g/mol. The molecular formula is C26H27NO4S. The molecule has 1 fully saturated rings. The maximum absolute atomic E-state index is 13.7. The van der Waals surface area contributed by atoms with E-state index in [-0.39, 0.29) is 18.0 Å².